The van der Waals surface area contributed by atoms with E-state index in [9.17, 15) is 0 Å². The third-order valence-electron chi connectivity index (χ3n) is 10.8. The van der Waals surface area contributed by atoms with E-state index in [1.807, 2.05) is 0 Å². The van der Waals surface area contributed by atoms with E-state index in [-0.39, 0.29) is 0 Å². The molecule has 0 saturated carbocycles. The van der Waals surface area contributed by atoms with E-state index in [0.29, 0.717) is 0 Å². The standard InChI is InChI=1S/C52H35N3OS/c1-4-18-38(19-5-1)53(39-20-6-2-7-21-39)47-27-14-28-49-52(47)57-50-29-15-26-46(51(50)56-49)54(40-22-8-3-9-23-40)42-32-33-44-43-24-12-13-25-45(43)55(48(44)35-42)41-31-30-36-16-10-11-17-37(36)34-41/h1-35H. The Bertz CT molecular complexity index is 3050. The van der Waals surface area contributed by atoms with Crippen LogP contribution in [0.4, 0.5) is 34.1 Å². The van der Waals surface area contributed by atoms with Crippen molar-refractivity contribution in [3.05, 3.63) is 212 Å². The quantitative estimate of drug-likeness (QED) is 0.162. The molecule has 0 radical (unpaired) electrons. The van der Waals surface area contributed by atoms with E-state index >= 15 is 0 Å². The van der Waals surface area contributed by atoms with Crippen LogP contribution in [0.25, 0.3) is 38.3 Å². The van der Waals surface area contributed by atoms with Crippen LogP contribution in [-0.2, 0) is 0 Å². The molecule has 57 heavy (non-hydrogen) atoms. The van der Waals surface area contributed by atoms with Gasteiger partial charge < -0.3 is 19.1 Å². The average molecular weight is 750 g/mol. The maximum absolute atomic E-state index is 7.07. The first kappa shape index (κ1) is 33.2. The van der Waals surface area contributed by atoms with E-state index in [0.717, 1.165) is 66.6 Å². The van der Waals surface area contributed by atoms with Crippen molar-refractivity contribution in [1.82, 2.24) is 4.57 Å². The molecule has 0 spiro atoms. The number of ether oxygens (including phenoxy) is 1. The number of nitrogens with zero attached hydrogens (tertiary/aromatic N) is 3. The van der Waals surface area contributed by atoms with Crippen LogP contribution in [0, 0.1) is 0 Å². The third kappa shape index (κ3) is 5.71. The second kappa shape index (κ2) is 13.8. The lowest BCUT2D eigenvalue weighted by molar-refractivity contribution is 0.456. The van der Waals surface area contributed by atoms with E-state index in [1.165, 1.54) is 27.1 Å². The molecule has 270 valence electrons. The van der Waals surface area contributed by atoms with E-state index in [1.54, 1.807) is 11.8 Å². The van der Waals surface area contributed by atoms with E-state index in [2.05, 4.69) is 227 Å². The minimum Gasteiger partial charge on any atom is -0.453 e. The van der Waals surface area contributed by atoms with Gasteiger partial charge in [-0.05, 0) is 102 Å². The summed E-state index contributed by atoms with van der Waals surface area (Å²) in [6.45, 7) is 0. The monoisotopic (exact) mass is 749 g/mol. The van der Waals surface area contributed by atoms with Gasteiger partial charge in [0.1, 0.15) is 5.75 Å². The van der Waals surface area contributed by atoms with Crippen LogP contribution in [0.15, 0.2) is 222 Å². The Kier molecular flexibility index (Phi) is 8.04. The molecule has 9 aromatic carbocycles. The first-order valence-electron chi connectivity index (χ1n) is 19.2. The third-order valence-corrected chi connectivity index (χ3v) is 11.9. The van der Waals surface area contributed by atoms with Crippen LogP contribution in [0.3, 0.4) is 0 Å². The number of rotatable bonds is 7. The molecule has 1 aliphatic rings. The summed E-state index contributed by atoms with van der Waals surface area (Å²) < 4.78 is 9.47. The fourth-order valence-corrected chi connectivity index (χ4v) is 9.30. The minimum atomic E-state index is 0.828. The first-order chi connectivity index (χ1) is 28.3. The maximum atomic E-state index is 7.07. The molecule has 1 aliphatic heterocycles. The zero-order chi connectivity index (χ0) is 37.7. The summed E-state index contributed by atoms with van der Waals surface area (Å²) in [5.74, 6) is 1.66. The molecular weight excluding hydrogens is 715 g/mol. The van der Waals surface area contributed by atoms with Crippen LogP contribution >= 0.6 is 11.8 Å². The number of benzene rings is 9. The number of hydrogen-bond donors (Lipinski definition) is 0. The van der Waals surface area contributed by atoms with Crippen LogP contribution in [0.5, 0.6) is 11.5 Å². The topological polar surface area (TPSA) is 20.6 Å². The zero-order valence-electron chi connectivity index (χ0n) is 30.9. The Morgan fingerprint density at radius 2 is 1.00 bits per heavy atom. The molecule has 0 N–H and O–H groups in total. The molecule has 0 atom stereocenters. The van der Waals surface area contributed by atoms with Crippen molar-refractivity contribution in [2.75, 3.05) is 9.80 Å². The number of para-hydroxylation sites is 5. The second-order valence-corrected chi connectivity index (χ2v) is 15.2. The predicted octanol–water partition coefficient (Wildman–Crippen LogP) is 15.1. The van der Waals surface area contributed by atoms with Gasteiger partial charge in [0.15, 0.2) is 5.75 Å². The molecule has 0 unspecified atom stereocenters. The number of fused-ring (bicyclic) bond motifs is 6. The highest BCUT2D eigenvalue weighted by atomic mass is 32.2. The van der Waals surface area contributed by atoms with Gasteiger partial charge >= 0.3 is 0 Å². The van der Waals surface area contributed by atoms with Gasteiger partial charge in [-0.15, -0.1) is 0 Å². The lowest BCUT2D eigenvalue weighted by Gasteiger charge is -2.32. The number of anilines is 6. The van der Waals surface area contributed by atoms with E-state index < -0.39 is 0 Å². The highest BCUT2D eigenvalue weighted by molar-refractivity contribution is 7.99. The van der Waals surface area contributed by atoms with Crippen molar-refractivity contribution < 1.29 is 4.74 Å². The van der Waals surface area contributed by atoms with Crippen molar-refractivity contribution in [2.24, 2.45) is 0 Å². The summed E-state index contributed by atoms with van der Waals surface area (Å²) in [5.41, 5.74) is 9.75. The second-order valence-electron chi connectivity index (χ2n) is 14.2. The number of aromatic nitrogens is 1. The van der Waals surface area contributed by atoms with Crippen LogP contribution in [-0.4, -0.2) is 4.57 Å². The van der Waals surface area contributed by atoms with Gasteiger partial charge in [-0.25, -0.2) is 0 Å². The molecule has 5 heteroatoms. The van der Waals surface area contributed by atoms with Gasteiger partial charge in [0, 0.05) is 39.2 Å². The molecule has 1 aromatic heterocycles. The Labute approximate surface area is 335 Å². The summed E-state index contributed by atoms with van der Waals surface area (Å²) in [6.07, 6.45) is 0. The summed E-state index contributed by atoms with van der Waals surface area (Å²) in [7, 11) is 0. The lowest BCUT2D eigenvalue weighted by atomic mass is 10.1. The molecule has 0 aliphatic carbocycles. The molecule has 10 aromatic rings. The largest absolute Gasteiger partial charge is 0.453 e. The van der Waals surface area contributed by atoms with Crippen LogP contribution < -0.4 is 14.5 Å². The molecule has 4 nitrogen and oxygen atoms in total. The van der Waals surface area contributed by atoms with E-state index in [4.69, 9.17) is 4.74 Å². The van der Waals surface area contributed by atoms with Gasteiger partial charge in [-0.1, -0.05) is 133 Å². The highest BCUT2D eigenvalue weighted by Crippen LogP contribution is 2.57. The van der Waals surface area contributed by atoms with Gasteiger partial charge in [0.25, 0.3) is 0 Å². The van der Waals surface area contributed by atoms with Gasteiger partial charge in [0.2, 0.25) is 0 Å². The fourth-order valence-electron chi connectivity index (χ4n) is 8.22. The van der Waals surface area contributed by atoms with Crippen molar-refractivity contribution in [2.45, 2.75) is 9.79 Å². The Hall–Kier alpha value is -7.21. The lowest BCUT2D eigenvalue weighted by Crippen LogP contribution is -2.14. The summed E-state index contributed by atoms with van der Waals surface area (Å²) >= 11 is 1.76. The van der Waals surface area contributed by atoms with Gasteiger partial charge in [0.05, 0.1) is 32.2 Å². The van der Waals surface area contributed by atoms with Crippen molar-refractivity contribution >= 4 is 78.5 Å². The minimum absolute atomic E-state index is 0.828. The molecule has 0 bridgehead atoms. The van der Waals surface area contributed by atoms with Crippen LogP contribution in [0.2, 0.25) is 0 Å². The summed E-state index contributed by atoms with van der Waals surface area (Å²) in [5, 5.41) is 4.88. The van der Waals surface area contributed by atoms with Gasteiger partial charge in [-0.2, -0.15) is 0 Å². The van der Waals surface area contributed by atoms with Crippen molar-refractivity contribution in [3.63, 3.8) is 0 Å². The predicted molar refractivity (Wildman–Crippen MR) is 238 cm³/mol. The van der Waals surface area contributed by atoms with Crippen molar-refractivity contribution in [3.8, 4) is 17.2 Å². The normalized spacial score (nSPS) is 11.9. The zero-order valence-corrected chi connectivity index (χ0v) is 31.7. The SMILES string of the molecule is c1ccc(N(c2ccc3c4ccccc4n(-c4ccc5ccccc5c4)c3c2)c2cccc3c2Oc2cccc(N(c4ccccc4)c4ccccc4)c2S3)cc1. The van der Waals surface area contributed by atoms with Gasteiger partial charge in [-0.3, -0.25) is 0 Å². The maximum Gasteiger partial charge on any atom is 0.165 e. The summed E-state index contributed by atoms with van der Waals surface area (Å²) in [6, 6.07) is 75.4. The average Bonchev–Trinajstić information content (AvgIpc) is 3.61. The molecule has 2 heterocycles. The molecule has 0 saturated heterocycles. The summed E-state index contributed by atoms with van der Waals surface area (Å²) in [4.78, 5) is 6.77. The molecule has 0 fully saturated rings. The highest BCUT2D eigenvalue weighted by Gasteiger charge is 2.29. The molecular formula is C52H35N3OS. The number of hydrogen-bond acceptors (Lipinski definition) is 4. The fraction of sp³-hybridized carbons (Fsp3) is 0. The van der Waals surface area contributed by atoms with Crippen LogP contribution in [0.1, 0.15) is 0 Å². The Morgan fingerprint density at radius 1 is 0.404 bits per heavy atom. The smallest absolute Gasteiger partial charge is 0.165 e. The Balaban J connectivity index is 1.07. The Morgan fingerprint density at radius 3 is 1.74 bits per heavy atom. The van der Waals surface area contributed by atoms with Crippen molar-refractivity contribution in [1.29, 1.82) is 0 Å². The first-order valence-corrected chi connectivity index (χ1v) is 20.0. The molecule has 11 rings (SSSR count). The molecule has 0 amide bonds.